The third-order valence-corrected chi connectivity index (χ3v) is 3.83. The molecule has 0 radical (unpaired) electrons. The molecular formula is C14H21N5O4. The largest absolute Gasteiger partial charge is 0.465 e. The van der Waals surface area contributed by atoms with Gasteiger partial charge in [0.1, 0.15) is 0 Å². The van der Waals surface area contributed by atoms with Crippen LogP contribution in [0.2, 0.25) is 0 Å². The van der Waals surface area contributed by atoms with Gasteiger partial charge in [0.05, 0.1) is 12.2 Å². The van der Waals surface area contributed by atoms with Crippen molar-refractivity contribution in [2.45, 2.75) is 45.3 Å². The van der Waals surface area contributed by atoms with Gasteiger partial charge in [-0.15, -0.1) is 0 Å². The summed E-state index contributed by atoms with van der Waals surface area (Å²) in [6.07, 6.45) is 0.342. The number of carboxylic acid groups (broad SMARTS) is 1. The van der Waals surface area contributed by atoms with Crippen molar-refractivity contribution in [2.75, 3.05) is 6.54 Å². The highest BCUT2D eigenvalue weighted by Crippen LogP contribution is 2.29. The zero-order valence-corrected chi connectivity index (χ0v) is 13.6. The molecule has 2 rings (SSSR count). The molecule has 126 valence electrons. The zero-order valence-electron chi connectivity index (χ0n) is 13.6. The first-order valence-corrected chi connectivity index (χ1v) is 7.28. The number of carbonyl (C=O) groups excluding carboxylic acids is 2. The van der Waals surface area contributed by atoms with Crippen LogP contribution in [0.5, 0.6) is 0 Å². The van der Waals surface area contributed by atoms with Crippen LogP contribution in [-0.4, -0.2) is 49.9 Å². The number of nitrogens with zero attached hydrogens (tertiary/aromatic N) is 3. The number of aromatic nitrogens is 2. The fraction of sp³-hybridized carbons (Fsp3) is 0.571. The van der Waals surface area contributed by atoms with E-state index in [0.29, 0.717) is 12.2 Å². The molecule has 1 aliphatic heterocycles. The van der Waals surface area contributed by atoms with E-state index < -0.39 is 29.1 Å². The lowest BCUT2D eigenvalue weighted by Crippen LogP contribution is -2.58. The minimum atomic E-state index is -1.50. The third kappa shape index (κ3) is 2.86. The number of nitrogens with one attached hydrogen (secondary N) is 2. The molecule has 9 heteroatoms. The second kappa shape index (κ2) is 5.56. The minimum Gasteiger partial charge on any atom is -0.465 e. The van der Waals surface area contributed by atoms with Gasteiger partial charge < -0.3 is 15.3 Å². The first-order chi connectivity index (χ1) is 10.6. The Labute approximate surface area is 133 Å². The lowest BCUT2D eigenvalue weighted by Gasteiger charge is -2.39. The van der Waals surface area contributed by atoms with Gasteiger partial charge in [0, 0.05) is 18.3 Å². The molecule has 1 aliphatic rings. The van der Waals surface area contributed by atoms with Crippen LogP contribution in [0.15, 0.2) is 12.3 Å². The Hall–Kier alpha value is -2.58. The fourth-order valence-corrected chi connectivity index (χ4v) is 2.64. The van der Waals surface area contributed by atoms with Crippen LogP contribution in [0.3, 0.4) is 0 Å². The second-order valence-electron chi connectivity index (χ2n) is 6.39. The Bertz CT molecular complexity index is 648. The van der Waals surface area contributed by atoms with E-state index in [0.717, 1.165) is 4.90 Å². The highest BCUT2D eigenvalue weighted by Gasteiger charge is 2.52. The minimum absolute atomic E-state index is 0.213. The van der Waals surface area contributed by atoms with Crippen molar-refractivity contribution in [3.05, 3.63) is 18.0 Å². The van der Waals surface area contributed by atoms with Crippen molar-refractivity contribution in [3.8, 4) is 0 Å². The smallest absolute Gasteiger partial charge is 0.407 e. The van der Waals surface area contributed by atoms with Crippen LogP contribution in [0, 0.1) is 0 Å². The first kappa shape index (κ1) is 16.8. The quantitative estimate of drug-likeness (QED) is 0.706. The van der Waals surface area contributed by atoms with E-state index in [2.05, 4.69) is 15.7 Å². The van der Waals surface area contributed by atoms with E-state index >= 15 is 0 Å². The summed E-state index contributed by atoms with van der Waals surface area (Å²) >= 11 is 0. The first-order valence-electron chi connectivity index (χ1n) is 7.28. The van der Waals surface area contributed by atoms with Crippen LogP contribution in [0.1, 0.15) is 33.4 Å². The topological polar surface area (TPSA) is 117 Å². The van der Waals surface area contributed by atoms with Crippen LogP contribution >= 0.6 is 0 Å². The molecule has 1 saturated heterocycles. The molecule has 1 atom stereocenters. The fourth-order valence-electron chi connectivity index (χ4n) is 2.64. The van der Waals surface area contributed by atoms with Crippen molar-refractivity contribution in [2.24, 2.45) is 0 Å². The summed E-state index contributed by atoms with van der Waals surface area (Å²) in [4.78, 5) is 37.0. The number of rotatable bonds is 4. The lowest BCUT2D eigenvalue weighted by molar-refractivity contribution is -0.125. The standard InChI is InChI=1S/C14H21N5O4/c1-5-19-9(6-7-15-19)14(10(20)16-11(21)17-14)8-18(12(22)23)13(2,3)4/h6-7H,5,8H2,1-4H3,(H,22,23)(H2,16,17,20,21)/t14-/m1/s1. The summed E-state index contributed by atoms with van der Waals surface area (Å²) in [7, 11) is 0. The van der Waals surface area contributed by atoms with E-state index in [1.165, 1.54) is 6.20 Å². The highest BCUT2D eigenvalue weighted by molar-refractivity contribution is 6.07. The molecule has 9 nitrogen and oxygen atoms in total. The van der Waals surface area contributed by atoms with Crippen LogP contribution in [0.4, 0.5) is 9.59 Å². The molecule has 3 N–H and O–H groups in total. The van der Waals surface area contributed by atoms with Crippen molar-refractivity contribution in [1.82, 2.24) is 25.3 Å². The maximum Gasteiger partial charge on any atom is 0.407 e. The SMILES string of the molecule is CCn1nccc1[C@@]1(CN(C(=O)O)C(C)(C)C)NC(=O)NC1=O. The molecule has 1 aromatic heterocycles. The second-order valence-corrected chi connectivity index (χ2v) is 6.39. The zero-order chi connectivity index (χ0) is 17.4. The Morgan fingerprint density at radius 3 is 2.52 bits per heavy atom. The molecule has 0 bridgehead atoms. The Morgan fingerprint density at radius 1 is 1.43 bits per heavy atom. The Morgan fingerprint density at radius 2 is 2.09 bits per heavy atom. The maximum atomic E-state index is 12.5. The number of urea groups is 1. The van der Waals surface area contributed by atoms with Crippen molar-refractivity contribution in [3.63, 3.8) is 0 Å². The molecule has 4 amide bonds. The number of hydrogen-bond acceptors (Lipinski definition) is 4. The van der Waals surface area contributed by atoms with E-state index in [4.69, 9.17) is 0 Å². The highest BCUT2D eigenvalue weighted by atomic mass is 16.4. The van der Waals surface area contributed by atoms with Gasteiger partial charge in [-0.2, -0.15) is 5.10 Å². The summed E-state index contributed by atoms with van der Waals surface area (Å²) in [5, 5.41) is 18.4. The van der Waals surface area contributed by atoms with Gasteiger partial charge >= 0.3 is 12.1 Å². The average Bonchev–Trinajstić information content (AvgIpc) is 2.99. The number of hydrogen-bond donors (Lipinski definition) is 3. The molecule has 0 spiro atoms. The van der Waals surface area contributed by atoms with E-state index in [1.807, 2.05) is 6.92 Å². The molecule has 2 heterocycles. The molecule has 0 aromatic carbocycles. The summed E-state index contributed by atoms with van der Waals surface area (Å²) in [6, 6.07) is 0.954. The molecule has 1 aromatic rings. The monoisotopic (exact) mass is 323 g/mol. The normalized spacial score (nSPS) is 21.0. The molecule has 0 aliphatic carbocycles. The van der Waals surface area contributed by atoms with E-state index in [9.17, 15) is 19.5 Å². The number of carbonyl (C=O) groups is 3. The predicted octanol–water partition coefficient (Wildman–Crippen LogP) is 0.716. The van der Waals surface area contributed by atoms with Gasteiger partial charge in [-0.25, -0.2) is 9.59 Å². The van der Waals surface area contributed by atoms with Crippen molar-refractivity contribution >= 4 is 18.0 Å². The third-order valence-electron chi connectivity index (χ3n) is 3.83. The van der Waals surface area contributed by atoms with Gasteiger partial charge in [0.15, 0.2) is 5.54 Å². The van der Waals surface area contributed by atoms with Gasteiger partial charge in [-0.05, 0) is 33.8 Å². The Kier molecular flexibility index (Phi) is 4.06. The Balaban J connectivity index is 2.54. The predicted molar refractivity (Wildman–Crippen MR) is 80.7 cm³/mol. The number of aryl methyl sites for hydroxylation is 1. The van der Waals surface area contributed by atoms with E-state index in [1.54, 1.807) is 31.5 Å². The van der Waals surface area contributed by atoms with Gasteiger partial charge in [0.2, 0.25) is 0 Å². The van der Waals surface area contributed by atoms with Gasteiger partial charge in [-0.3, -0.25) is 14.8 Å². The maximum absolute atomic E-state index is 12.5. The molecule has 0 unspecified atom stereocenters. The summed E-state index contributed by atoms with van der Waals surface area (Å²) in [5.41, 5.74) is -1.81. The van der Waals surface area contributed by atoms with Crippen LogP contribution in [0.25, 0.3) is 0 Å². The van der Waals surface area contributed by atoms with Crippen molar-refractivity contribution < 1.29 is 19.5 Å². The van der Waals surface area contributed by atoms with Crippen molar-refractivity contribution in [1.29, 1.82) is 0 Å². The summed E-state index contributed by atoms with van der Waals surface area (Å²) < 4.78 is 1.56. The summed E-state index contributed by atoms with van der Waals surface area (Å²) in [6.45, 7) is 7.28. The number of imide groups is 1. The van der Waals surface area contributed by atoms with Crippen LogP contribution < -0.4 is 10.6 Å². The van der Waals surface area contributed by atoms with Crippen LogP contribution in [-0.2, 0) is 16.9 Å². The molecule has 23 heavy (non-hydrogen) atoms. The molecule has 0 saturated carbocycles. The van der Waals surface area contributed by atoms with Gasteiger partial charge in [0.25, 0.3) is 5.91 Å². The van der Waals surface area contributed by atoms with E-state index in [-0.39, 0.29) is 6.54 Å². The molecule has 1 fully saturated rings. The lowest BCUT2D eigenvalue weighted by atomic mass is 9.92. The summed E-state index contributed by atoms with van der Waals surface area (Å²) in [5.74, 6) is -0.590. The number of amides is 4. The molecular weight excluding hydrogens is 302 g/mol. The average molecular weight is 323 g/mol. The van der Waals surface area contributed by atoms with Gasteiger partial charge in [-0.1, -0.05) is 0 Å².